The van der Waals surface area contributed by atoms with E-state index in [1.54, 1.807) is 0 Å². The molecular weight excluding hydrogens is 421 g/mol. The van der Waals surface area contributed by atoms with Crippen molar-refractivity contribution in [2.24, 2.45) is 0 Å². The van der Waals surface area contributed by atoms with Gasteiger partial charge in [-0.2, -0.15) is 0 Å². The smallest absolute Gasteiger partial charge is 0.0361 e. The van der Waals surface area contributed by atoms with Gasteiger partial charge in [0.15, 0.2) is 0 Å². The maximum atomic E-state index is 5.00. The maximum absolute atomic E-state index is 5.00. The molecule has 0 unspecified atom stereocenters. The molecule has 0 aromatic heterocycles. The van der Waals surface area contributed by atoms with Gasteiger partial charge >= 0.3 is 0 Å². The van der Waals surface area contributed by atoms with Crippen LogP contribution >= 0.6 is 0 Å². The summed E-state index contributed by atoms with van der Waals surface area (Å²) in [5.41, 5.74) is 2.44. The van der Waals surface area contributed by atoms with E-state index in [0.717, 1.165) is 6.54 Å². The third-order valence-electron chi connectivity index (χ3n) is 2.24. The van der Waals surface area contributed by atoms with E-state index in [9.17, 15) is 0 Å². The van der Waals surface area contributed by atoms with Crippen LogP contribution in [-0.2, 0) is 54.2 Å². The molecule has 0 aliphatic rings. The second-order valence-corrected chi connectivity index (χ2v) is 4.97. The van der Waals surface area contributed by atoms with E-state index in [4.69, 9.17) is 25.3 Å². The van der Waals surface area contributed by atoms with Crippen molar-refractivity contribution in [2.75, 3.05) is 26.0 Å². The van der Waals surface area contributed by atoms with Crippen LogP contribution in [0, 0.1) is 0 Å². The molecule has 1 aromatic rings. The van der Waals surface area contributed by atoms with E-state index < -0.39 is 0 Å². The van der Waals surface area contributed by atoms with Crippen molar-refractivity contribution in [3.63, 3.8) is 0 Å². The van der Waals surface area contributed by atoms with Crippen LogP contribution in [0.4, 0.5) is 5.69 Å². The molecule has 0 amide bonds. The minimum absolute atomic E-state index is 0. The molecule has 0 fully saturated rings. The fourth-order valence-corrected chi connectivity index (χ4v) is 1.41. The Bertz CT molecular complexity index is 301. The first-order valence-corrected chi connectivity index (χ1v) is 5.73. The Morgan fingerprint density at radius 3 is 1.94 bits per heavy atom. The summed E-state index contributed by atoms with van der Waals surface area (Å²) in [6.07, 6.45) is 0. The summed E-state index contributed by atoms with van der Waals surface area (Å²) in [5.74, 6) is 0. The molecule has 1 rings (SSSR count). The average molecular weight is 437 g/mol. The van der Waals surface area contributed by atoms with E-state index in [0.29, 0.717) is 0 Å². The predicted octanol–water partition coefficient (Wildman–Crippen LogP) is 1.56. The first kappa shape index (κ1) is 16.4. The summed E-state index contributed by atoms with van der Waals surface area (Å²) in [7, 11) is 6.01. The van der Waals surface area contributed by atoms with Gasteiger partial charge in [0.2, 0.25) is 0 Å². The van der Waals surface area contributed by atoms with Crippen LogP contribution in [-0.4, -0.2) is 30.7 Å². The Labute approximate surface area is 125 Å². The molecule has 0 saturated heterocycles. The topological polar surface area (TPSA) is 6.48 Å². The molecule has 0 heterocycles. The second-order valence-electron chi connectivity index (χ2n) is 3.78. The second kappa shape index (κ2) is 7.69. The molecule has 1 aromatic carbocycles. The number of hydrogen-bond donors (Lipinski definition) is 0. The summed E-state index contributed by atoms with van der Waals surface area (Å²) in [5, 5.41) is 0. The summed E-state index contributed by atoms with van der Waals surface area (Å²) in [4.78, 5) is 4.05. The van der Waals surface area contributed by atoms with Crippen molar-refractivity contribution in [2.45, 2.75) is 11.3 Å². The molecule has 0 aliphatic heterocycles. The van der Waals surface area contributed by atoms with Crippen molar-refractivity contribution in [3.05, 3.63) is 29.8 Å². The molecule has 0 atom stereocenters. The minimum Gasteiger partial charge on any atom is -0.800 e. The quantitative estimate of drug-likeness (QED) is 0.521. The van der Waals surface area contributed by atoms with Crippen LogP contribution in [0.2, 0.25) is 0 Å². The third-order valence-corrected chi connectivity index (χ3v) is 2.96. The molecule has 2 nitrogen and oxygen atoms in total. The van der Waals surface area contributed by atoms with Crippen LogP contribution in [0.5, 0.6) is 0 Å². The summed E-state index contributed by atoms with van der Waals surface area (Å²) in [6, 6.07) is 8.42. The van der Waals surface area contributed by atoms with Gasteiger partial charge in [-0.1, -0.05) is 12.1 Å². The zero-order chi connectivity index (χ0) is 11.4. The normalized spacial score (nSPS) is 10.4. The van der Waals surface area contributed by atoms with Gasteiger partial charge < -0.3 is 35.1 Å². The minimum atomic E-state index is -0.237. The van der Waals surface area contributed by atoms with Gasteiger partial charge in [0.1, 0.15) is 0 Å². The molecule has 0 bridgehead atoms. The zero-order valence-corrected chi connectivity index (χ0v) is 13.4. The molecule has 1 radical (unpaired) electrons. The van der Waals surface area contributed by atoms with Crippen molar-refractivity contribution in [1.29, 1.82) is 0 Å². The molecule has 0 spiro atoms. The Kier molecular flexibility index (Phi) is 7.89. The van der Waals surface area contributed by atoms with Crippen LogP contribution in [0.25, 0.3) is 0 Å². The maximum Gasteiger partial charge on any atom is 0.0361 e. The third kappa shape index (κ3) is 5.17. The number of hydrogen-bond acceptors (Lipinski definition) is 4. The summed E-state index contributed by atoms with van der Waals surface area (Å²) < 4.78 is -0.237. The largest absolute Gasteiger partial charge is 0.800 e. The predicted molar refractivity (Wildman–Crippen MR) is 70.8 cm³/mol. The number of rotatable bonds is 4. The fourth-order valence-electron chi connectivity index (χ4n) is 1.26. The Balaban J connectivity index is 0.00000225. The fraction of sp³-hybridized carbons (Fsp3) is 0.455. The van der Waals surface area contributed by atoms with E-state index in [1.807, 2.05) is 26.0 Å². The molecule has 0 N–H and O–H groups in total. The van der Waals surface area contributed by atoms with Gasteiger partial charge in [-0.25, -0.2) is 4.71 Å². The van der Waals surface area contributed by atoms with Crippen molar-refractivity contribution in [3.8, 4) is 0 Å². The number of nitrogens with zero attached hydrogens (tertiary/aromatic N) is 2. The van der Waals surface area contributed by atoms with Crippen molar-refractivity contribution < 1.29 is 22.4 Å². The number of anilines is 1. The Morgan fingerprint density at radius 2 is 1.56 bits per heavy atom. The van der Waals surface area contributed by atoms with Gasteiger partial charge in [0, 0.05) is 48.7 Å². The van der Waals surface area contributed by atoms with Crippen LogP contribution in [0.15, 0.2) is 24.3 Å². The van der Waals surface area contributed by atoms with Crippen molar-refractivity contribution in [1.82, 2.24) is 4.90 Å². The first-order valence-electron chi connectivity index (χ1n) is 4.79. The molecule has 16 heavy (non-hydrogen) atoms. The van der Waals surface area contributed by atoms with Gasteiger partial charge in [0.25, 0.3) is 0 Å². The number of benzene rings is 1. The van der Waals surface area contributed by atoms with Gasteiger partial charge in [0.05, 0.1) is 0 Å². The van der Waals surface area contributed by atoms with E-state index in [-0.39, 0.29) is 27.1 Å². The average Bonchev–Trinajstić information content (AvgIpc) is 2.18. The molecule has 5 heteroatoms. The molecule has 95 valence electrons. The van der Waals surface area contributed by atoms with Gasteiger partial charge in [-0.05, 0) is 24.7 Å². The first-order chi connectivity index (χ1) is 7.00. The van der Waals surface area contributed by atoms with Gasteiger partial charge in [-0.3, -0.25) is 0 Å². The van der Waals surface area contributed by atoms with Crippen LogP contribution < -0.4 is 4.90 Å². The summed E-state index contributed by atoms with van der Waals surface area (Å²) >= 11 is 10.0. The van der Waals surface area contributed by atoms with E-state index >= 15 is 0 Å². The SMILES string of the molecule is CN(C)c1ccc(CN(C)C([S-])[S-])cc1.[Au]. The molecule has 0 saturated carbocycles. The standard InChI is InChI=1S/C11H18N2S2.Au/c1-12(2)10-6-4-9(5-7-10)8-13(3)11(14)15;/h4-7,11,14-15H,8H2,1-3H3;/p-2. The zero-order valence-electron chi connectivity index (χ0n) is 9.61. The van der Waals surface area contributed by atoms with Crippen molar-refractivity contribution >= 4 is 30.9 Å². The van der Waals surface area contributed by atoms with E-state index in [2.05, 4.69) is 29.2 Å². The Morgan fingerprint density at radius 1 is 1.06 bits per heavy atom. The van der Waals surface area contributed by atoms with Crippen LogP contribution in [0.1, 0.15) is 5.56 Å². The summed E-state index contributed by atoms with van der Waals surface area (Å²) in [6.45, 7) is 0.811. The molecular formula is C11H16AuN2S2-2. The van der Waals surface area contributed by atoms with E-state index in [1.165, 1.54) is 11.3 Å². The van der Waals surface area contributed by atoms with Gasteiger partial charge in [-0.15, -0.1) is 0 Å². The molecule has 0 aliphatic carbocycles. The van der Waals surface area contributed by atoms with Crippen LogP contribution in [0.3, 0.4) is 0 Å². The Hall–Kier alpha value is 0.420. The monoisotopic (exact) mass is 437 g/mol.